The molecule has 2 rings (SSSR count). The highest BCUT2D eigenvalue weighted by molar-refractivity contribution is 5.66. The van der Waals surface area contributed by atoms with Crippen LogP contribution in [-0.2, 0) is 6.18 Å². The van der Waals surface area contributed by atoms with E-state index >= 15 is 0 Å². The van der Waals surface area contributed by atoms with E-state index in [4.69, 9.17) is 5.73 Å². The Balaban J connectivity index is 2.53. The second-order valence-corrected chi connectivity index (χ2v) is 3.93. The second kappa shape index (κ2) is 4.01. The van der Waals surface area contributed by atoms with Crippen LogP contribution in [0.1, 0.15) is 17.0 Å². The van der Waals surface area contributed by atoms with Crippen LogP contribution in [0.2, 0.25) is 0 Å². The monoisotopic (exact) mass is 257 g/mol. The van der Waals surface area contributed by atoms with E-state index in [0.29, 0.717) is 11.3 Å². The van der Waals surface area contributed by atoms with Crippen molar-refractivity contribution in [2.45, 2.75) is 20.0 Å². The van der Waals surface area contributed by atoms with Gasteiger partial charge in [-0.1, -0.05) is 5.16 Å². The Morgan fingerprint density at radius 3 is 2.44 bits per heavy atom. The molecule has 0 saturated heterocycles. The molecular weight excluding hydrogens is 247 g/mol. The summed E-state index contributed by atoms with van der Waals surface area (Å²) in [5, 5.41) is 2.91. The molecule has 0 aliphatic rings. The Labute approximate surface area is 101 Å². The van der Waals surface area contributed by atoms with Crippen LogP contribution in [0.5, 0.6) is 0 Å². The minimum Gasteiger partial charge on any atom is -0.399 e. The number of nitrogens with zero attached hydrogens (tertiary/aromatic N) is 2. The first kappa shape index (κ1) is 12.4. The first-order valence-corrected chi connectivity index (χ1v) is 5.07. The summed E-state index contributed by atoms with van der Waals surface area (Å²) in [6.07, 6.45) is -4.62. The zero-order valence-corrected chi connectivity index (χ0v) is 9.67. The third-order valence-corrected chi connectivity index (χ3v) is 2.60. The number of nitrogen functional groups attached to an aromatic ring is 1. The molecule has 7 heteroatoms. The Bertz CT molecular complexity index is 590. The maximum atomic E-state index is 12.4. The lowest BCUT2D eigenvalue weighted by Gasteiger charge is -2.06. The van der Waals surface area contributed by atoms with E-state index in [1.807, 2.05) is 0 Å². The number of rotatable bonds is 1. The molecule has 0 fully saturated rings. The van der Waals surface area contributed by atoms with Gasteiger partial charge in [0.25, 0.3) is 11.7 Å². The van der Waals surface area contributed by atoms with Crippen LogP contribution >= 0.6 is 0 Å². The number of hydrogen-bond acceptors (Lipinski definition) is 4. The minimum absolute atomic E-state index is 0.185. The van der Waals surface area contributed by atoms with E-state index in [9.17, 15) is 13.2 Å². The number of halogens is 3. The van der Waals surface area contributed by atoms with Crippen molar-refractivity contribution in [3.8, 4) is 11.5 Å². The van der Waals surface area contributed by atoms with Crippen LogP contribution in [-0.4, -0.2) is 10.1 Å². The molecule has 0 aliphatic heterocycles. The van der Waals surface area contributed by atoms with Crippen molar-refractivity contribution in [3.63, 3.8) is 0 Å². The van der Waals surface area contributed by atoms with Gasteiger partial charge < -0.3 is 10.3 Å². The summed E-state index contributed by atoms with van der Waals surface area (Å²) in [4.78, 5) is 3.34. The van der Waals surface area contributed by atoms with Crippen molar-refractivity contribution in [3.05, 3.63) is 29.1 Å². The summed E-state index contributed by atoms with van der Waals surface area (Å²) in [6, 6.07) is 3.23. The molecule has 1 heterocycles. The van der Waals surface area contributed by atoms with Gasteiger partial charge >= 0.3 is 6.18 Å². The third kappa shape index (κ3) is 2.15. The minimum atomic E-state index is -4.62. The lowest BCUT2D eigenvalue weighted by Crippen LogP contribution is -2.07. The van der Waals surface area contributed by atoms with E-state index in [1.54, 1.807) is 19.9 Å². The molecule has 0 aliphatic carbocycles. The fourth-order valence-corrected chi connectivity index (χ4v) is 1.56. The third-order valence-electron chi connectivity index (χ3n) is 2.60. The average molecular weight is 257 g/mol. The molecule has 0 atom stereocenters. The van der Waals surface area contributed by atoms with Gasteiger partial charge in [0.2, 0.25) is 0 Å². The highest BCUT2D eigenvalue weighted by atomic mass is 19.4. The molecule has 4 nitrogen and oxygen atoms in total. The average Bonchev–Trinajstić information content (AvgIpc) is 2.71. The van der Waals surface area contributed by atoms with Crippen LogP contribution in [0, 0.1) is 13.8 Å². The molecule has 0 bridgehead atoms. The predicted octanol–water partition coefficient (Wildman–Crippen LogP) is 2.95. The standard InChI is InChI=1S/C11H10F3N3O/c1-5-3-7(15)4-8(6(5)2)9-16-10(17-18-9)11(12,13)14/h3-4H,15H2,1-2H3. The van der Waals surface area contributed by atoms with Crippen molar-refractivity contribution in [1.29, 1.82) is 0 Å². The highest BCUT2D eigenvalue weighted by Crippen LogP contribution is 2.31. The maximum Gasteiger partial charge on any atom is 0.455 e. The zero-order valence-electron chi connectivity index (χ0n) is 9.67. The summed E-state index contributed by atoms with van der Waals surface area (Å²) in [5.74, 6) is -1.48. The van der Waals surface area contributed by atoms with E-state index in [0.717, 1.165) is 11.1 Å². The van der Waals surface area contributed by atoms with Gasteiger partial charge in [-0.25, -0.2) is 0 Å². The van der Waals surface area contributed by atoms with Gasteiger partial charge in [0, 0.05) is 11.3 Å². The molecule has 0 saturated carbocycles. The molecule has 18 heavy (non-hydrogen) atoms. The van der Waals surface area contributed by atoms with Crippen LogP contribution in [0.3, 0.4) is 0 Å². The summed E-state index contributed by atoms with van der Waals surface area (Å²) in [7, 11) is 0. The van der Waals surface area contributed by atoms with Gasteiger partial charge in [0.1, 0.15) is 0 Å². The fourth-order valence-electron chi connectivity index (χ4n) is 1.56. The smallest absolute Gasteiger partial charge is 0.399 e. The zero-order chi connectivity index (χ0) is 13.5. The van der Waals surface area contributed by atoms with Gasteiger partial charge in [-0.2, -0.15) is 18.2 Å². The number of anilines is 1. The molecule has 0 radical (unpaired) electrons. The van der Waals surface area contributed by atoms with Gasteiger partial charge in [-0.3, -0.25) is 0 Å². The summed E-state index contributed by atoms with van der Waals surface area (Å²) < 4.78 is 41.7. The van der Waals surface area contributed by atoms with Crippen molar-refractivity contribution in [2.75, 3.05) is 5.73 Å². The van der Waals surface area contributed by atoms with Crippen molar-refractivity contribution in [1.82, 2.24) is 10.1 Å². The molecule has 0 unspecified atom stereocenters. The number of alkyl halides is 3. The van der Waals surface area contributed by atoms with E-state index in [1.165, 1.54) is 6.07 Å². The molecular formula is C11H10F3N3O. The van der Waals surface area contributed by atoms with E-state index in [-0.39, 0.29) is 5.89 Å². The Morgan fingerprint density at radius 1 is 1.22 bits per heavy atom. The Hall–Kier alpha value is -2.05. The maximum absolute atomic E-state index is 12.4. The SMILES string of the molecule is Cc1cc(N)cc(-c2nc(C(F)(F)F)no2)c1C. The molecule has 2 aromatic rings. The molecule has 2 N–H and O–H groups in total. The second-order valence-electron chi connectivity index (χ2n) is 3.93. The largest absolute Gasteiger partial charge is 0.455 e. The van der Waals surface area contributed by atoms with Gasteiger partial charge in [0.15, 0.2) is 0 Å². The normalized spacial score (nSPS) is 11.8. The van der Waals surface area contributed by atoms with Gasteiger partial charge in [-0.15, -0.1) is 0 Å². The molecule has 0 spiro atoms. The Kier molecular flexibility index (Phi) is 2.76. The first-order valence-electron chi connectivity index (χ1n) is 5.07. The van der Waals surface area contributed by atoms with Crippen LogP contribution in [0.4, 0.5) is 18.9 Å². The molecule has 0 amide bonds. The molecule has 1 aromatic heterocycles. The fraction of sp³-hybridized carbons (Fsp3) is 0.273. The predicted molar refractivity (Wildman–Crippen MR) is 58.6 cm³/mol. The van der Waals surface area contributed by atoms with Gasteiger partial charge in [-0.05, 0) is 37.1 Å². The molecule has 96 valence electrons. The Morgan fingerprint density at radius 2 is 1.89 bits per heavy atom. The number of benzene rings is 1. The highest BCUT2D eigenvalue weighted by Gasteiger charge is 2.37. The summed E-state index contributed by atoms with van der Waals surface area (Å²) in [6.45, 7) is 3.55. The first-order chi connectivity index (χ1) is 8.29. The van der Waals surface area contributed by atoms with Crippen LogP contribution in [0.25, 0.3) is 11.5 Å². The van der Waals surface area contributed by atoms with E-state index in [2.05, 4.69) is 14.7 Å². The quantitative estimate of drug-likeness (QED) is 0.797. The lowest BCUT2D eigenvalue weighted by atomic mass is 10.0. The van der Waals surface area contributed by atoms with Crippen molar-refractivity contribution >= 4 is 5.69 Å². The summed E-state index contributed by atoms with van der Waals surface area (Å²) >= 11 is 0. The number of aromatic nitrogens is 2. The van der Waals surface area contributed by atoms with Crippen LogP contribution < -0.4 is 5.73 Å². The number of aryl methyl sites for hydroxylation is 1. The van der Waals surface area contributed by atoms with Crippen LogP contribution in [0.15, 0.2) is 16.7 Å². The van der Waals surface area contributed by atoms with Crippen molar-refractivity contribution in [2.24, 2.45) is 0 Å². The number of nitrogens with two attached hydrogens (primary N) is 1. The topological polar surface area (TPSA) is 64.9 Å². The van der Waals surface area contributed by atoms with E-state index < -0.39 is 12.0 Å². The van der Waals surface area contributed by atoms with Crippen molar-refractivity contribution < 1.29 is 17.7 Å². The van der Waals surface area contributed by atoms with Gasteiger partial charge in [0.05, 0.1) is 0 Å². The number of hydrogen-bond donors (Lipinski definition) is 1. The summed E-state index contributed by atoms with van der Waals surface area (Å²) in [5.41, 5.74) is 8.08. The molecule has 1 aromatic carbocycles. The lowest BCUT2D eigenvalue weighted by molar-refractivity contribution is -0.146.